The standard InChI is InChI=1S/C15H33N3O/c1-6-9-12(4)17-15(19)13(5)18(11-10-16)14(7-2)8-3/h12-14H,6-11,16H2,1-5H3,(H,17,19). The highest BCUT2D eigenvalue weighted by Crippen LogP contribution is 2.12. The van der Waals surface area contributed by atoms with Crippen molar-refractivity contribution in [3.63, 3.8) is 0 Å². The van der Waals surface area contributed by atoms with Crippen molar-refractivity contribution in [2.75, 3.05) is 13.1 Å². The van der Waals surface area contributed by atoms with Gasteiger partial charge >= 0.3 is 0 Å². The molecule has 0 aliphatic heterocycles. The molecule has 0 bridgehead atoms. The Morgan fingerprint density at radius 1 is 1.21 bits per heavy atom. The van der Waals surface area contributed by atoms with Crippen molar-refractivity contribution in [3.05, 3.63) is 0 Å². The van der Waals surface area contributed by atoms with E-state index >= 15 is 0 Å². The number of carbonyl (C=O) groups is 1. The molecule has 0 aromatic rings. The third-order valence-corrected chi connectivity index (χ3v) is 3.79. The SMILES string of the molecule is CCCC(C)NC(=O)C(C)N(CCN)C(CC)CC. The normalized spacial score (nSPS) is 14.7. The fraction of sp³-hybridized carbons (Fsp3) is 0.933. The van der Waals surface area contributed by atoms with Crippen LogP contribution in [0.5, 0.6) is 0 Å². The lowest BCUT2D eigenvalue weighted by Gasteiger charge is -2.35. The van der Waals surface area contributed by atoms with Gasteiger partial charge in [0, 0.05) is 25.2 Å². The van der Waals surface area contributed by atoms with Crippen LogP contribution in [-0.4, -0.2) is 42.0 Å². The lowest BCUT2D eigenvalue weighted by molar-refractivity contribution is -0.127. The molecule has 4 heteroatoms. The van der Waals surface area contributed by atoms with Gasteiger partial charge in [0.2, 0.25) is 5.91 Å². The largest absolute Gasteiger partial charge is 0.352 e. The van der Waals surface area contributed by atoms with Crippen molar-refractivity contribution in [2.45, 2.75) is 78.4 Å². The molecular weight excluding hydrogens is 238 g/mol. The molecule has 0 aromatic carbocycles. The van der Waals surface area contributed by atoms with E-state index < -0.39 is 0 Å². The van der Waals surface area contributed by atoms with Gasteiger partial charge in [0.25, 0.3) is 0 Å². The van der Waals surface area contributed by atoms with Crippen LogP contribution in [0.4, 0.5) is 0 Å². The van der Waals surface area contributed by atoms with E-state index in [1.807, 2.05) is 6.92 Å². The monoisotopic (exact) mass is 271 g/mol. The Hall–Kier alpha value is -0.610. The highest BCUT2D eigenvalue weighted by Gasteiger charge is 2.26. The van der Waals surface area contributed by atoms with Crippen molar-refractivity contribution in [1.29, 1.82) is 0 Å². The van der Waals surface area contributed by atoms with Gasteiger partial charge in [-0.15, -0.1) is 0 Å². The van der Waals surface area contributed by atoms with E-state index in [0.29, 0.717) is 12.6 Å². The van der Waals surface area contributed by atoms with E-state index in [-0.39, 0.29) is 18.0 Å². The smallest absolute Gasteiger partial charge is 0.237 e. The van der Waals surface area contributed by atoms with Gasteiger partial charge in [0.05, 0.1) is 6.04 Å². The van der Waals surface area contributed by atoms with Crippen LogP contribution in [0.3, 0.4) is 0 Å². The Morgan fingerprint density at radius 3 is 2.21 bits per heavy atom. The molecule has 0 aliphatic rings. The average molecular weight is 271 g/mol. The van der Waals surface area contributed by atoms with Gasteiger partial charge in [0.1, 0.15) is 0 Å². The van der Waals surface area contributed by atoms with E-state index in [0.717, 1.165) is 32.2 Å². The lowest BCUT2D eigenvalue weighted by Crippen LogP contribution is -2.52. The molecule has 19 heavy (non-hydrogen) atoms. The van der Waals surface area contributed by atoms with Crippen molar-refractivity contribution < 1.29 is 4.79 Å². The first-order chi connectivity index (χ1) is 9.01. The molecule has 1 amide bonds. The summed E-state index contributed by atoms with van der Waals surface area (Å²) >= 11 is 0. The third kappa shape index (κ3) is 6.39. The zero-order chi connectivity index (χ0) is 14.8. The number of nitrogens with one attached hydrogen (secondary N) is 1. The molecule has 0 aliphatic carbocycles. The second-order valence-electron chi connectivity index (χ2n) is 5.37. The second kappa shape index (κ2) is 10.2. The highest BCUT2D eigenvalue weighted by molar-refractivity contribution is 5.81. The van der Waals surface area contributed by atoms with Crippen molar-refractivity contribution in [2.24, 2.45) is 5.73 Å². The molecule has 2 unspecified atom stereocenters. The Bertz CT molecular complexity index is 242. The number of nitrogens with zero attached hydrogens (tertiary/aromatic N) is 1. The fourth-order valence-electron chi connectivity index (χ4n) is 2.62. The molecule has 0 fully saturated rings. The predicted octanol–water partition coefficient (Wildman–Crippen LogP) is 2.13. The minimum Gasteiger partial charge on any atom is -0.352 e. The number of hydrogen-bond donors (Lipinski definition) is 2. The van der Waals surface area contributed by atoms with Crippen LogP contribution < -0.4 is 11.1 Å². The Balaban J connectivity index is 4.60. The number of carbonyl (C=O) groups excluding carboxylic acids is 1. The number of amides is 1. The van der Waals surface area contributed by atoms with Crippen LogP contribution in [0.15, 0.2) is 0 Å². The maximum Gasteiger partial charge on any atom is 0.237 e. The molecule has 0 aromatic heterocycles. The summed E-state index contributed by atoms with van der Waals surface area (Å²) in [4.78, 5) is 14.5. The third-order valence-electron chi connectivity index (χ3n) is 3.79. The number of rotatable bonds is 10. The van der Waals surface area contributed by atoms with E-state index in [1.54, 1.807) is 0 Å². The zero-order valence-electron chi connectivity index (χ0n) is 13.4. The van der Waals surface area contributed by atoms with Gasteiger partial charge in [-0.1, -0.05) is 27.2 Å². The summed E-state index contributed by atoms with van der Waals surface area (Å²) in [5.74, 6) is 0.126. The van der Waals surface area contributed by atoms with Crippen molar-refractivity contribution in [1.82, 2.24) is 10.2 Å². The number of hydrogen-bond acceptors (Lipinski definition) is 3. The van der Waals surface area contributed by atoms with Crippen molar-refractivity contribution in [3.8, 4) is 0 Å². The molecular formula is C15H33N3O. The minimum absolute atomic E-state index is 0.104. The van der Waals surface area contributed by atoms with E-state index in [4.69, 9.17) is 5.73 Å². The van der Waals surface area contributed by atoms with E-state index in [1.165, 1.54) is 0 Å². The maximum absolute atomic E-state index is 12.3. The van der Waals surface area contributed by atoms with Crippen LogP contribution in [0.2, 0.25) is 0 Å². The summed E-state index contributed by atoms with van der Waals surface area (Å²) in [7, 11) is 0. The number of nitrogens with two attached hydrogens (primary N) is 1. The van der Waals surface area contributed by atoms with Crippen LogP contribution in [0.25, 0.3) is 0 Å². The first-order valence-corrected chi connectivity index (χ1v) is 7.77. The predicted molar refractivity (Wildman–Crippen MR) is 82.1 cm³/mol. The summed E-state index contributed by atoms with van der Waals surface area (Å²) in [6.07, 6.45) is 4.23. The highest BCUT2D eigenvalue weighted by atomic mass is 16.2. The van der Waals surface area contributed by atoms with Crippen LogP contribution in [0, 0.1) is 0 Å². The molecule has 0 saturated carbocycles. The zero-order valence-corrected chi connectivity index (χ0v) is 13.4. The quantitative estimate of drug-likeness (QED) is 0.640. The maximum atomic E-state index is 12.3. The van der Waals surface area contributed by atoms with Crippen LogP contribution in [0.1, 0.15) is 60.3 Å². The molecule has 0 rings (SSSR count). The lowest BCUT2D eigenvalue weighted by atomic mass is 10.1. The summed E-state index contributed by atoms with van der Waals surface area (Å²) < 4.78 is 0. The topological polar surface area (TPSA) is 58.4 Å². The van der Waals surface area contributed by atoms with Crippen LogP contribution in [-0.2, 0) is 4.79 Å². The van der Waals surface area contributed by atoms with Gasteiger partial charge < -0.3 is 11.1 Å². The van der Waals surface area contributed by atoms with Gasteiger partial charge in [-0.3, -0.25) is 9.69 Å². The molecule has 0 radical (unpaired) electrons. The summed E-state index contributed by atoms with van der Waals surface area (Å²) in [5, 5.41) is 3.10. The average Bonchev–Trinajstić information content (AvgIpc) is 2.38. The van der Waals surface area contributed by atoms with Gasteiger partial charge in [-0.05, 0) is 33.1 Å². The Kier molecular flexibility index (Phi) is 9.88. The Morgan fingerprint density at radius 2 is 1.79 bits per heavy atom. The van der Waals surface area contributed by atoms with Gasteiger partial charge in [0.15, 0.2) is 0 Å². The fourth-order valence-corrected chi connectivity index (χ4v) is 2.62. The first-order valence-electron chi connectivity index (χ1n) is 7.77. The molecule has 3 N–H and O–H groups in total. The Labute approximate surface area is 119 Å². The summed E-state index contributed by atoms with van der Waals surface area (Å²) in [6, 6.07) is 0.583. The summed E-state index contributed by atoms with van der Waals surface area (Å²) in [5.41, 5.74) is 5.69. The molecule has 4 nitrogen and oxygen atoms in total. The summed E-state index contributed by atoms with van der Waals surface area (Å²) in [6.45, 7) is 11.9. The molecule has 0 saturated heterocycles. The van der Waals surface area contributed by atoms with Gasteiger partial charge in [-0.25, -0.2) is 0 Å². The second-order valence-corrected chi connectivity index (χ2v) is 5.37. The van der Waals surface area contributed by atoms with E-state index in [2.05, 4.69) is 37.9 Å². The van der Waals surface area contributed by atoms with Gasteiger partial charge in [-0.2, -0.15) is 0 Å². The minimum atomic E-state index is -0.104. The first kappa shape index (κ1) is 18.4. The molecule has 2 atom stereocenters. The molecule has 0 heterocycles. The molecule has 114 valence electrons. The van der Waals surface area contributed by atoms with Crippen molar-refractivity contribution >= 4 is 5.91 Å². The molecule has 0 spiro atoms. The van der Waals surface area contributed by atoms with E-state index in [9.17, 15) is 4.79 Å². The van der Waals surface area contributed by atoms with Crippen LogP contribution >= 0.6 is 0 Å².